The highest BCUT2D eigenvalue weighted by molar-refractivity contribution is 4.93. The van der Waals surface area contributed by atoms with Gasteiger partial charge < -0.3 is 14.8 Å². The van der Waals surface area contributed by atoms with Gasteiger partial charge in [0.1, 0.15) is 0 Å². The summed E-state index contributed by atoms with van der Waals surface area (Å²) in [6.45, 7) is 14.2. The van der Waals surface area contributed by atoms with Crippen molar-refractivity contribution in [3.63, 3.8) is 0 Å². The number of ether oxygens (including phenoxy) is 2. The van der Waals surface area contributed by atoms with Crippen molar-refractivity contribution in [2.75, 3.05) is 19.8 Å². The summed E-state index contributed by atoms with van der Waals surface area (Å²) in [5.41, 5.74) is 0.457. The van der Waals surface area contributed by atoms with Gasteiger partial charge in [0.15, 0.2) is 0 Å². The number of hydrogen-bond donors (Lipinski definition) is 1. The second-order valence-corrected chi connectivity index (χ2v) is 8.46. The smallest absolute Gasteiger partial charge is 0.0838 e. The van der Waals surface area contributed by atoms with Crippen LogP contribution in [0.2, 0.25) is 0 Å². The Morgan fingerprint density at radius 1 is 1.19 bits per heavy atom. The molecular formula is C18H35NO2. The molecule has 0 aromatic heterocycles. The molecule has 1 aliphatic carbocycles. The first kappa shape index (κ1) is 17.2. The van der Waals surface area contributed by atoms with Crippen LogP contribution in [0.3, 0.4) is 0 Å². The molecular weight excluding hydrogens is 262 g/mol. The Labute approximate surface area is 131 Å². The molecule has 1 saturated heterocycles. The van der Waals surface area contributed by atoms with E-state index in [9.17, 15) is 0 Å². The molecule has 2 aliphatic rings. The van der Waals surface area contributed by atoms with Crippen molar-refractivity contribution in [3.8, 4) is 0 Å². The lowest BCUT2D eigenvalue weighted by Gasteiger charge is -2.45. The van der Waals surface area contributed by atoms with E-state index < -0.39 is 0 Å². The summed E-state index contributed by atoms with van der Waals surface area (Å²) in [7, 11) is 0. The molecule has 1 heterocycles. The van der Waals surface area contributed by atoms with Gasteiger partial charge >= 0.3 is 0 Å². The maximum Gasteiger partial charge on any atom is 0.0838 e. The Hall–Kier alpha value is -0.120. The molecule has 2 rings (SSSR count). The minimum atomic E-state index is 0.0321. The van der Waals surface area contributed by atoms with Crippen LogP contribution in [0.4, 0.5) is 0 Å². The molecule has 0 aromatic rings. The van der Waals surface area contributed by atoms with Crippen LogP contribution in [0.15, 0.2) is 0 Å². The van der Waals surface area contributed by atoms with Gasteiger partial charge in [-0.2, -0.15) is 0 Å². The van der Waals surface area contributed by atoms with Gasteiger partial charge in [0.25, 0.3) is 0 Å². The first-order valence-electron chi connectivity index (χ1n) is 8.80. The zero-order valence-electron chi connectivity index (χ0n) is 14.7. The molecule has 1 atom stereocenters. The van der Waals surface area contributed by atoms with E-state index in [-0.39, 0.29) is 5.60 Å². The van der Waals surface area contributed by atoms with Gasteiger partial charge in [0.2, 0.25) is 0 Å². The summed E-state index contributed by atoms with van der Waals surface area (Å²) >= 11 is 0. The van der Waals surface area contributed by atoms with Gasteiger partial charge in [-0.15, -0.1) is 0 Å². The standard InChI is InChI=1S/C18H35NO2/c1-14(2)19-13-18(21-16-8-11-20-12-16)9-6-15(7-10-18)17(3,4)5/h14-16,19H,6-13H2,1-5H3. The average molecular weight is 297 g/mol. The molecule has 3 nitrogen and oxygen atoms in total. The highest BCUT2D eigenvalue weighted by Crippen LogP contribution is 2.43. The van der Waals surface area contributed by atoms with E-state index in [2.05, 4.69) is 39.9 Å². The van der Waals surface area contributed by atoms with Crippen LogP contribution in [0.5, 0.6) is 0 Å². The Balaban J connectivity index is 1.96. The molecule has 0 bridgehead atoms. The van der Waals surface area contributed by atoms with Gasteiger partial charge in [0.05, 0.1) is 18.3 Å². The predicted molar refractivity (Wildman–Crippen MR) is 87.6 cm³/mol. The van der Waals surface area contributed by atoms with Crippen molar-refractivity contribution in [2.45, 2.75) is 84.5 Å². The van der Waals surface area contributed by atoms with Crippen LogP contribution in [0.25, 0.3) is 0 Å². The second-order valence-electron chi connectivity index (χ2n) is 8.46. The number of rotatable bonds is 5. The van der Waals surface area contributed by atoms with E-state index in [1.54, 1.807) is 0 Å². The van der Waals surface area contributed by atoms with Crippen molar-refractivity contribution in [1.29, 1.82) is 0 Å². The molecule has 3 heteroatoms. The van der Waals surface area contributed by atoms with Gasteiger partial charge in [-0.05, 0) is 43.4 Å². The third kappa shape index (κ3) is 4.94. The Morgan fingerprint density at radius 2 is 1.86 bits per heavy atom. The van der Waals surface area contributed by atoms with E-state index in [0.29, 0.717) is 17.6 Å². The van der Waals surface area contributed by atoms with Crippen LogP contribution in [0, 0.1) is 11.3 Å². The van der Waals surface area contributed by atoms with Gasteiger partial charge in [-0.1, -0.05) is 34.6 Å². The first-order chi connectivity index (χ1) is 9.81. The number of hydrogen-bond acceptors (Lipinski definition) is 3. The molecule has 0 radical (unpaired) electrons. The quantitative estimate of drug-likeness (QED) is 0.838. The van der Waals surface area contributed by atoms with Gasteiger partial charge in [-0.25, -0.2) is 0 Å². The molecule has 0 amide bonds. The van der Waals surface area contributed by atoms with E-state index in [0.717, 1.165) is 32.1 Å². The molecule has 21 heavy (non-hydrogen) atoms. The van der Waals surface area contributed by atoms with E-state index in [4.69, 9.17) is 9.47 Å². The zero-order valence-corrected chi connectivity index (χ0v) is 14.7. The lowest BCUT2D eigenvalue weighted by molar-refractivity contribution is -0.123. The monoisotopic (exact) mass is 297 g/mol. The lowest BCUT2D eigenvalue weighted by atomic mass is 9.68. The molecule has 1 aliphatic heterocycles. The second kappa shape index (κ2) is 6.97. The normalized spacial score (nSPS) is 34.6. The Kier molecular flexibility index (Phi) is 5.72. The zero-order chi connectivity index (χ0) is 15.5. The van der Waals surface area contributed by atoms with Crippen molar-refractivity contribution in [3.05, 3.63) is 0 Å². The number of nitrogens with one attached hydrogen (secondary N) is 1. The maximum atomic E-state index is 6.56. The van der Waals surface area contributed by atoms with E-state index >= 15 is 0 Å². The molecule has 2 fully saturated rings. The highest BCUT2D eigenvalue weighted by Gasteiger charge is 2.41. The minimum absolute atomic E-state index is 0.0321. The van der Waals surface area contributed by atoms with Crippen LogP contribution in [-0.2, 0) is 9.47 Å². The summed E-state index contributed by atoms with van der Waals surface area (Å²) in [6.07, 6.45) is 6.32. The summed E-state index contributed by atoms with van der Waals surface area (Å²) in [5, 5.41) is 3.62. The third-order valence-electron chi connectivity index (χ3n) is 5.26. The Bertz CT molecular complexity index is 308. The minimum Gasteiger partial charge on any atom is -0.379 e. The summed E-state index contributed by atoms with van der Waals surface area (Å²) in [6, 6.07) is 0.519. The SMILES string of the molecule is CC(C)NCC1(OC2CCOC2)CCC(C(C)(C)C)CC1. The lowest BCUT2D eigenvalue weighted by Crippen LogP contribution is -2.50. The van der Waals surface area contributed by atoms with Crippen LogP contribution < -0.4 is 5.32 Å². The van der Waals surface area contributed by atoms with E-state index in [1.807, 2.05) is 0 Å². The predicted octanol–water partition coefficient (Wildman–Crippen LogP) is 3.77. The van der Waals surface area contributed by atoms with Crippen LogP contribution >= 0.6 is 0 Å². The van der Waals surface area contributed by atoms with Crippen molar-refractivity contribution >= 4 is 0 Å². The van der Waals surface area contributed by atoms with Crippen molar-refractivity contribution in [1.82, 2.24) is 5.32 Å². The molecule has 0 aromatic carbocycles. The van der Waals surface area contributed by atoms with Gasteiger partial charge in [-0.3, -0.25) is 0 Å². The molecule has 124 valence electrons. The maximum absolute atomic E-state index is 6.56. The van der Waals surface area contributed by atoms with Crippen LogP contribution in [-0.4, -0.2) is 37.5 Å². The summed E-state index contributed by atoms with van der Waals surface area (Å²) in [4.78, 5) is 0. The highest BCUT2D eigenvalue weighted by atomic mass is 16.6. The molecule has 1 saturated carbocycles. The first-order valence-corrected chi connectivity index (χ1v) is 8.80. The van der Waals surface area contributed by atoms with Crippen molar-refractivity contribution in [2.24, 2.45) is 11.3 Å². The third-order valence-corrected chi connectivity index (χ3v) is 5.26. The van der Waals surface area contributed by atoms with Crippen molar-refractivity contribution < 1.29 is 9.47 Å². The molecule has 1 N–H and O–H groups in total. The van der Waals surface area contributed by atoms with E-state index in [1.165, 1.54) is 25.7 Å². The fourth-order valence-electron chi connectivity index (χ4n) is 3.70. The molecule has 0 spiro atoms. The molecule has 1 unspecified atom stereocenters. The fraction of sp³-hybridized carbons (Fsp3) is 1.00. The largest absolute Gasteiger partial charge is 0.379 e. The van der Waals surface area contributed by atoms with Gasteiger partial charge in [0, 0.05) is 19.2 Å². The summed E-state index contributed by atoms with van der Waals surface area (Å²) in [5.74, 6) is 0.827. The summed E-state index contributed by atoms with van der Waals surface area (Å²) < 4.78 is 12.1. The Morgan fingerprint density at radius 3 is 2.33 bits per heavy atom. The fourth-order valence-corrected chi connectivity index (χ4v) is 3.70. The topological polar surface area (TPSA) is 30.5 Å². The van der Waals surface area contributed by atoms with Crippen LogP contribution in [0.1, 0.15) is 66.7 Å². The average Bonchev–Trinajstić information content (AvgIpc) is 2.89.